The van der Waals surface area contributed by atoms with Crippen molar-refractivity contribution in [3.05, 3.63) is 47.5 Å². The third-order valence-electron chi connectivity index (χ3n) is 2.74. The number of hydrogen-bond donors (Lipinski definition) is 2. The highest BCUT2D eigenvalue weighted by Gasteiger charge is 2.19. The number of nitrogens with zero attached hydrogens (tertiary/aromatic N) is 1. The van der Waals surface area contributed by atoms with Gasteiger partial charge in [0, 0.05) is 11.1 Å². The van der Waals surface area contributed by atoms with Gasteiger partial charge in [-0.1, -0.05) is 32.9 Å². The molecule has 0 aliphatic heterocycles. The zero-order valence-corrected chi connectivity index (χ0v) is 11.1. The molecule has 0 fully saturated rings. The van der Waals surface area contributed by atoms with Crippen molar-refractivity contribution in [2.24, 2.45) is 0 Å². The van der Waals surface area contributed by atoms with Crippen LogP contribution in [-0.2, 0) is 5.41 Å². The number of hydrogen-bond acceptors (Lipinski definition) is 2. The number of aromatic amines is 1. The first kappa shape index (κ1) is 13.3. The second-order valence-corrected chi connectivity index (χ2v) is 5.35. The lowest BCUT2D eigenvalue weighted by molar-refractivity contribution is 0.102. The molecule has 0 aliphatic carbocycles. The summed E-state index contributed by atoms with van der Waals surface area (Å²) in [6, 6.07) is 7.70. The molecule has 0 radical (unpaired) electrons. The Labute approximate surface area is 111 Å². The Balaban J connectivity index is 2.17. The van der Waals surface area contributed by atoms with Gasteiger partial charge in [-0.25, -0.2) is 4.39 Å². The zero-order chi connectivity index (χ0) is 14.0. The molecule has 0 atom stereocenters. The van der Waals surface area contributed by atoms with Gasteiger partial charge in [0.1, 0.15) is 5.82 Å². The third kappa shape index (κ3) is 2.99. The quantitative estimate of drug-likeness (QED) is 0.872. The molecule has 4 nitrogen and oxygen atoms in total. The van der Waals surface area contributed by atoms with E-state index in [-0.39, 0.29) is 16.8 Å². The van der Waals surface area contributed by atoms with Gasteiger partial charge >= 0.3 is 0 Å². The van der Waals surface area contributed by atoms with Crippen LogP contribution in [0, 0.1) is 5.82 Å². The van der Waals surface area contributed by atoms with Crippen LogP contribution in [0.25, 0.3) is 0 Å². The van der Waals surface area contributed by atoms with E-state index in [2.05, 4.69) is 15.5 Å². The largest absolute Gasteiger partial charge is 0.318 e. The van der Waals surface area contributed by atoms with Gasteiger partial charge in [0.05, 0.1) is 5.69 Å². The summed E-state index contributed by atoms with van der Waals surface area (Å²) in [5.41, 5.74) is 1.12. The Kier molecular flexibility index (Phi) is 3.38. The molecule has 1 amide bonds. The average molecular weight is 261 g/mol. The smallest absolute Gasteiger partial charge is 0.276 e. The summed E-state index contributed by atoms with van der Waals surface area (Å²) < 4.78 is 13.4. The minimum Gasteiger partial charge on any atom is -0.318 e. The Morgan fingerprint density at radius 1 is 1.32 bits per heavy atom. The van der Waals surface area contributed by atoms with Gasteiger partial charge < -0.3 is 5.32 Å². The minimum absolute atomic E-state index is 0.122. The lowest BCUT2D eigenvalue weighted by Gasteiger charge is -2.14. The number of para-hydroxylation sites is 1. The number of amides is 1. The van der Waals surface area contributed by atoms with Crippen molar-refractivity contribution in [3.8, 4) is 0 Å². The number of carbonyl (C=O) groups is 1. The minimum atomic E-state index is -0.470. The molecule has 2 rings (SSSR count). The molecule has 0 aliphatic rings. The molecule has 0 saturated heterocycles. The van der Waals surface area contributed by atoms with Crippen molar-refractivity contribution in [1.82, 2.24) is 10.2 Å². The Morgan fingerprint density at radius 2 is 2.00 bits per heavy atom. The van der Waals surface area contributed by atoms with Crippen LogP contribution in [0.5, 0.6) is 0 Å². The summed E-state index contributed by atoms with van der Waals surface area (Å²) in [5.74, 6) is -0.903. The maximum atomic E-state index is 13.4. The fourth-order valence-electron chi connectivity index (χ4n) is 1.57. The van der Waals surface area contributed by atoms with Gasteiger partial charge in [-0.05, 0) is 18.2 Å². The van der Waals surface area contributed by atoms with Crippen molar-refractivity contribution in [2.45, 2.75) is 26.2 Å². The molecular weight excluding hydrogens is 245 g/mol. The normalized spacial score (nSPS) is 11.4. The van der Waals surface area contributed by atoms with Crippen molar-refractivity contribution in [1.29, 1.82) is 0 Å². The average Bonchev–Trinajstić information content (AvgIpc) is 2.81. The molecule has 1 aromatic carbocycles. The fraction of sp³-hybridized carbons (Fsp3) is 0.286. The number of H-pyrrole nitrogens is 1. The van der Waals surface area contributed by atoms with Crippen LogP contribution >= 0.6 is 0 Å². The van der Waals surface area contributed by atoms with Gasteiger partial charge in [-0.2, -0.15) is 5.10 Å². The van der Waals surface area contributed by atoms with Gasteiger partial charge in [0.15, 0.2) is 5.69 Å². The van der Waals surface area contributed by atoms with Crippen LogP contribution in [0.3, 0.4) is 0 Å². The summed E-state index contributed by atoms with van der Waals surface area (Å²) in [4.78, 5) is 11.9. The molecule has 2 aromatic rings. The maximum absolute atomic E-state index is 13.4. The van der Waals surface area contributed by atoms with Crippen molar-refractivity contribution < 1.29 is 9.18 Å². The number of benzene rings is 1. The molecule has 0 saturated carbocycles. The molecule has 0 spiro atoms. The lowest BCUT2D eigenvalue weighted by Crippen LogP contribution is -2.13. The highest BCUT2D eigenvalue weighted by Crippen LogP contribution is 2.21. The van der Waals surface area contributed by atoms with Crippen LogP contribution in [0.1, 0.15) is 37.0 Å². The molecule has 5 heteroatoms. The Hall–Kier alpha value is -2.17. The van der Waals surface area contributed by atoms with E-state index in [0.717, 1.165) is 5.69 Å². The van der Waals surface area contributed by atoms with Gasteiger partial charge in [0.2, 0.25) is 0 Å². The van der Waals surface area contributed by atoms with E-state index in [1.165, 1.54) is 12.1 Å². The summed E-state index contributed by atoms with van der Waals surface area (Å²) in [6.07, 6.45) is 0. The fourth-order valence-corrected chi connectivity index (χ4v) is 1.57. The first-order valence-electron chi connectivity index (χ1n) is 6.00. The maximum Gasteiger partial charge on any atom is 0.276 e. The lowest BCUT2D eigenvalue weighted by atomic mass is 9.92. The van der Waals surface area contributed by atoms with E-state index >= 15 is 0 Å². The van der Waals surface area contributed by atoms with Gasteiger partial charge in [-0.15, -0.1) is 0 Å². The molecule has 1 heterocycles. The summed E-state index contributed by atoms with van der Waals surface area (Å²) in [7, 11) is 0. The van der Waals surface area contributed by atoms with Crippen molar-refractivity contribution in [2.75, 3.05) is 5.32 Å². The first-order chi connectivity index (χ1) is 8.88. The van der Waals surface area contributed by atoms with E-state index in [9.17, 15) is 9.18 Å². The number of aromatic nitrogens is 2. The van der Waals surface area contributed by atoms with Crippen LogP contribution < -0.4 is 5.32 Å². The topological polar surface area (TPSA) is 57.8 Å². The van der Waals surface area contributed by atoms with Crippen LogP contribution in [0.4, 0.5) is 10.1 Å². The van der Waals surface area contributed by atoms with Crippen LogP contribution in [-0.4, -0.2) is 16.1 Å². The number of halogens is 1. The molecule has 2 N–H and O–H groups in total. The van der Waals surface area contributed by atoms with Crippen LogP contribution in [0.2, 0.25) is 0 Å². The van der Waals surface area contributed by atoms with Gasteiger partial charge in [0.25, 0.3) is 5.91 Å². The predicted molar refractivity (Wildman–Crippen MR) is 71.6 cm³/mol. The molecule has 1 aromatic heterocycles. The van der Waals surface area contributed by atoms with E-state index < -0.39 is 11.7 Å². The number of rotatable bonds is 2. The summed E-state index contributed by atoms with van der Waals surface area (Å²) in [5, 5.41) is 9.27. The first-order valence-corrected chi connectivity index (χ1v) is 6.00. The van der Waals surface area contributed by atoms with E-state index in [0.29, 0.717) is 0 Å². The predicted octanol–water partition coefficient (Wildman–Crippen LogP) is 3.10. The Bertz CT molecular complexity index is 599. The molecule has 0 unspecified atom stereocenters. The number of nitrogens with one attached hydrogen (secondary N) is 2. The SMILES string of the molecule is CC(C)(C)c1cc(C(=O)Nc2ccccc2F)n[nH]1. The summed E-state index contributed by atoms with van der Waals surface area (Å²) in [6.45, 7) is 6.04. The second-order valence-electron chi connectivity index (χ2n) is 5.35. The molecular formula is C14H16FN3O. The molecule has 0 bridgehead atoms. The van der Waals surface area contributed by atoms with Crippen LogP contribution in [0.15, 0.2) is 30.3 Å². The van der Waals surface area contributed by atoms with Gasteiger partial charge in [-0.3, -0.25) is 9.89 Å². The molecule has 100 valence electrons. The number of anilines is 1. The zero-order valence-electron chi connectivity index (χ0n) is 11.1. The van der Waals surface area contributed by atoms with Crippen molar-refractivity contribution in [3.63, 3.8) is 0 Å². The monoisotopic (exact) mass is 261 g/mol. The third-order valence-corrected chi connectivity index (χ3v) is 2.74. The van der Waals surface area contributed by atoms with E-state index in [1.807, 2.05) is 20.8 Å². The van der Waals surface area contributed by atoms with Crippen molar-refractivity contribution >= 4 is 11.6 Å². The number of carbonyl (C=O) groups excluding carboxylic acids is 1. The van der Waals surface area contributed by atoms with E-state index in [1.54, 1.807) is 18.2 Å². The highest BCUT2D eigenvalue weighted by molar-refractivity contribution is 6.02. The van der Waals surface area contributed by atoms with E-state index in [4.69, 9.17) is 0 Å². The highest BCUT2D eigenvalue weighted by atomic mass is 19.1. The second kappa shape index (κ2) is 4.84. The Morgan fingerprint density at radius 3 is 2.58 bits per heavy atom. The summed E-state index contributed by atoms with van der Waals surface area (Å²) >= 11 is 0. The standard InChI is InChI=1S/C14H16FN3O/c1-14(2,3)12-8-11(17-18-12)13(19)16-10-7-5-4-6-9(10)15/h4-8H,1-3H3,(H,16,19)(H,17,18). The molecule has 19 heavy (non-hydrogen) atoms.